The lowest BCUT2D eigenvalue weighted by Gasteiger charge is -2.33. The van der Waals surface area contributed by atoms with Crippen molar-refractivity contribution in [3.05, 3.63) is 17.5 Å². The minimum absolute atomic E-state index is 0.0473. The number of aromatic amines is 1. The number of urea groups is 1. The number of carboxylic acids is 1. The fourth-order valence-corrected chi connectivity index (χ4v) is 3.21. The molecule has 0 spiro atoms. The maximum Gasteiger partial charge on any atom is 0.317 e. The summed E-state index contributed by atoms with van der Waals surface area (Å²) in [7, 11) is 0. The van der Waals surface area contributed by atoms with Crippen LogP contribution in [-0.2, 0) is 11.2 Å². The summed E-state index contributed by atoms with van der Waals surface area (Å²) in [4.78, 5) is 25.0. The van der Waals surface area contributed by atoms with Crippen LogP contribution in [0.25, 0.3) is 0 Å². The number of carbonyl (C=O) groups excluding carboxylic acids is 1. The van der Waals surface area contributed by atoms with Crippen LogP contribution in [0.15, 0.2) is 6.20 Å². The van der Waals surface area contributed by atoms with E-state index in [0.29, 0.717) is 19.5 Å². The number of nitrogens with one attached hydrogen (secondary N) is 2. The van der Waals surface area contributed by atoms with Gasteiger partial charge in [-0.1, -0.05) is 0 Å². The van der Waals surface area contributed by atoms with Gasteiger partial charge in [-0.05, 0) is 37.7 Å². The molecule has 114 valence electrons. The third kappa shape index (κ3) is 2.86. The van der Waals surface area contributed by atoms with Crippen LogP contribution in [0, 0.1) is 5.92 Å². The zero-order valence-corrected chi connectivity index (χ0v) is 11.8. The summed E-state index contributed by atoms with van der Waals surface area (Å²) in [5, 5.41) is 19.1. The van der Waals surface area contributed by atoms with Crippen LogP contribution in [-0.4, -0.2) is 45.3 Å². The fourth-order valence-electron chi connectivity index (χ4n) is 3.21. The molecule has 0 saturated carbocycles. The second-order valence-electron chi connectivity index (χ2n) is 5.83. The number of aliphatic carboxylic acids is 1. The average molecular weight is 292 g/mol. The SMILES string of the molecule is O=C(O)C1CCCN(C(=O)NC2CCCc3cn[nH]c32)C1. The predicted octanol–water partition coefficient (Wildman–Crippen LogP) is 1.29. The first-order chi connectivity index (χ1) is 10.1. The van der Waals surface area contributed by atoms with Gasteiger partial charge in [0.05, 0.1) is 23.9 Å². The summed E-state index contributed by atoms with van der Waals surface area (Å²) in [6.07, 6.45) is 6.10. The lowest BCUT2D eigenvalue weighted by atomic mass is 9.93. The first-order valence-corrected chi connectivity index (χ1v) is 7.45. The Morgan fingerprint density at radius 2 is 2.24 bits per heavy atom. The van der Waals surface area contributed by atoms with Crippen molar-refractivity contribution in [2.75, 3.05) is 13.1 Å². The number of H-pyrrole nitrogens is 1. The largest absolute Gasteiger partial charge is 0.481 e. The van der Waals surface area contributed by atoms with E-state index in [-0.39, 0.29) is 12.1 Å². The molecule has 1 aliphatic heterocycles. The van der Waals surface area contributed by atoms with Gasteiger partial charge in [0.15, 0.2) is 0 Å². The molecule has 21 heavy (non-hydrogen) atoms. The predicted molar refractivity (Wildman–Crippen MR) is 74.7 cm³/mol. The van der Waals surface area contributed by atoms with E-state index in [0.717, 1.165) is 36.9 Å². The molecule has 2 amide bonds. The van der Waals surface area contributed by atoms with Gasteiger partial charge < -0.3 is 15.3 Å². The van der Waals surface area contributed by atoms with Gasteiger partial charge in [0.2, 0.25) is 0 Å². The molecule has 7 nitrogen and oxygen atoms in total. The number of carbonyl (C=O) groups is 2. The zero-order valence-electron chi connectivity index (χ0n) is 11.8. The highest BCUT2D eigenvalue weighted by molar-refractivity contribution is 5.77. The molecule has 0 radical (unpaired) electrons. The molecule has 2 unspecified atom stereocenters. The highest BCUT2D eigenvalue weighted by Gasteiger charge is 2.30. The number of nitrogens with zero attached hydrogens (tertiary/aromatic N) is 2. The highest BCUT2D eigenvalue weighted by Crippen LogP contribution is 2.28. The number of amides is 2. The summed E-state index contributed by atoms with van der Waals surface area (Å²) < 4.78 is 0. The van der Waals surface area contributed by atoms with Gasteiger partial charge >= 0.3 is 12.0 Å². The standard InChI is InChI=1S/C14H20N4O3/c19-13(20)10-4-2-6-18(8-10)14(21)16-11-5-1-3-9-7-15-17-12(9)11/h7,10-11H,1-6,8H2,(H,15,17)(H,16,21)(H,19,20). The number of rotatable bonds is 2. The maximum absolute atomic E-state index is 12.4. The van der Waals surface area contributed by atoms with E-state index in [1.165, 1.54) is 0 Å². The van der Waals surface area contributed by atoms with Crippen LogP contribution in [0.1, 0.15) is 43.0 Å². The van der Waals surface area contributed by atoms with Crippen LogP contribution in [0.3, 0.4) is 0 Å². The van der Waals surface area contributed by atoms with E-state index in [9.17, 15) is 9.59 Å². The number of carboxylic acid groups (broad SMARTS) is 1. The number of aromatic nitrogens is 2. The van der Waals surface area contributed by atoms with Gasteiger partial charge in [-0.15, -0.1) is 0 Å². The Kier molecular flexibility index (Phi) is 3.81. The van der Waals surface area contributed by atoms with E-state index in [4.69, 9.17) is 5.11 Å². The molecule has 2 aliphatic rings. The van der Waals surface area contributed by atoms with Crippen molar-refractivity contribution in [1.82, 2.24) is 20.4 Å². The maximum atomic E-state index is 12.4. The van der Waals surface area contributed by atoms with E-state index in [2.05, 4.69) is 15.5 Å². The Hall–Kier alpha value is -2.05. The Bertz CT molecular complexity index is 542. The van der Waals surface area contributed by atoms with Crippen molar-refractivity contribution in [2.45, 2.75) is 38.1 Å². The molecule has 3 N–H and O–H groups in total. The molecule has 2 heterocycles. The monoisotopic (exact) mass is 292 g/mol. The van der Waals surface area contributed by atoms with Gasteiger partial charge in [-0.3, -0.25) is 9.89 Å². The minimum atomic E-state index is -0.818. The fraction of sp³-hybridized carbons (Fsp3) is 0.643. The zero-order chi connectivity index (χ0) is 14.8. The Labute approximate surface area is 122 Å². The Balaban J connectivity index is 1.63. The molecule has 2 atom stereocenters. The van der Waals surface area contributed by atoms with Crippen LogP contribution in [0.2, 0.25) is 0 Å². The molecule has 0 aromatic carbocycles. The van der Waals surface area contributed by atoms with E-state index < -0.39 is 11.9 Å². The van der Waals surface area contributed by atoms with Crippen molar-refractivity contribution in [3.8, 4) is 0 Å². The van der Waals surface area contributed by atoms with Gasteiger partial charge in [-0.2, -0.15) is 5.10 Å². The van der Waals surface area contributed by atoms with Gasteiger partial charge in [-0.25, -0.2) is 4.79 Å². The number of aryl methyl sites for hydroxylation is 1. The molecule has 1 aromatic heterocycles. The van der Waals surface area contributed by atoms with Crippen LogP contribution < -0.4 is 5.32 Å². The van der Waals surface area contributed by atoms with Crippen molar-refractivity contribution in [3.63, 3.8) is 0 Å². The lowest BCUT2D eigenvalue weighted by molar-refractivity contribution is -0.143. The van der Waals surface area contributed by atoms with Crippen molar-refractivity contribution >= 4 is 12.0 Å². The molecular formula is C14H20N4O3. The van der Waals surface area contributed by atoms with Gasteiger partial charge in [0.25, 0.3) is 0 Å². The molecule has 1 fully saturated rings. The lowest BCUT2D eigenvalue weighted by Crippen LogP contribution is -2.48. The summed E-state index contributed by atoms with van der Waals surface area (Å²) in [6.45, 7) is 0.919. The first-order valence-electron chi connectivity index (χ1n) is 7.45. The number of hydrogen-bond donors (Lipinski definition) is 3. The summed E-state index contributed by atoms with van der Waals surface area (Å²) >= 11 is 0. The molecular weight excluding hydrogens is 272 g/mol. The van der Waals surface area contributed by atoms with Crippen LogP contribution >= 0.6 is 0 Å². The van der Waals surface area contributed by atoms with E-state index in [1.807, 2.05) is 6.20 Å². The third-order valence-corrected chi connectivity index (χ3v) is 4.39. The number of fused-ring (bicyclic) bond motifs is 1. The number of hydrogen-bond acceptors (Lipinski definition) is 3. The first kappa shape index (κ1) is 13.9. The van der Waals surface area contributed by atoms with E-state index >= 15 is 0 Å². The van der Waals surface area contributed by atoms with Gasteiger partial charge in [0.1, 0.15) is 0 Å². The molecule has 1 aromatic rings. The molecule has 3 rings (SSSR count). The second-order valence-corrected chi connectivity index (χ2v) is 5.83. The Morgan fingerprint density at radius 1 is 1.38 bits per heavy atom. The summed E-state index contributed by atoms with van der Waals surface area (Å²) in [5.41, 5.74) is 2.15. The van der Waals surface area contributed by atoms with Crippen molar-refractivity contribution in [1.29, 1.82) is 0 Å². The topological polar surface area (TPSA) is 98.3 Å². The van der Waals surface area contributed by atoms with Crippen molar-refractivity contribution in [2.24, 2.45) is 5.92 Å². The van der Waals surface area contributed by atoms with Crippen LogP contribution in [0.5, 0.6) is 0 Å². The van der Waals surface area contributed by atoms with Crippen LogP contribution in [0.4, 0.5) is 4.79 Å². The minimum Gasteiger partial charge on any atom is -0.481 e. The number of likely N-dealkylation sites (tertiary alicyclic amines) is 1. The number of piperidine rings is 1. The average Bonchev–Trinajstić information content (AvgIpc) is 2.97. The van der Waals surface area contributed by atoms with Crippen molar-refractivity contribution < 1.29 is 14.7 Å². The van der Waals surface area contributed by atoms with Gasteiger partial charge in [0, 0.05) is 13.1 Å². The Morgan fingerprint density at radius 3 is 3.05 bits per heavy atom. The third-order valence-electron chi connectivity index (χ3n) is 4.39. The quantitative estimate of drug-likeness (QED) is 0.765. The summed E-state index contributed by atoms with van der Waals surface area (Å²) in [6, 6.07) is -0.220. The smallest absolute Gasteiger partial charge is 0.317 e. The normalized spacial score (nSPS) is 25.2. The molecule has 0 bridgehead atoms. The molecule has 7 heteroatoms. The second kappa shape index (κ2) is 5.75. The molecule has 1 aliphatic carbocycles. The summed E-state index contributed by atoms with van der Waals surface area (Å²) in [5.74, 6) is -1.26. The highest BCUT2D eigenvalue weighted by atomic mass is 16.4. The van der Waals surface area contributed by atoms with E-state index in [1.54, 1.807) is 4.90 Å². The molecule has 1 saturated heterocycles.